The van der Waals surface area contributed by atoms with Crippen LogP contribution < -0.4 is 9.44 Å². The lowest BCUT2D eigenvalue weighted by atomic mass is 10.0. The zero-order chi connectivity index (χ0) is 29.0. The molecule has 0 spiro atoms. The van der Waals surface area contributed by atoms with Crippen LogP contribution >= 0.6 is 11.6 Å². The molecule has 3 aromatic carbocycles. The molecule has 3 rings (SSSR count). The lowest BCUT2D eigenvalue weighted by molar-refractivity contribution is -0.388. The number of sulfonamides is 2. The highest BCUT2D eigenvalue weighted by molar-refractivity contribution is 7.90. The van der Waals surface area contributed by atoms with Crippen molar-refractivity contribution in [2.45, 2.75) is 21.9 Å². The van der Waals surface area contributed by atoms with Crippen molar-refractivity contribution in [1.29, 1.82) is 0 Å². The number of halogens is 1. The quantitative estimate of drug-likeness (QED) is 0.187. The number of hydrogen-bond donors (Lipinski definition) is 2. The molecule has 0 aliphatic carbocycles. The van der Waals surface area contributed by atoms with E-state index in [0.29, 0.717) is 0 Å². The summed E-state index contributed by atoms with van der Waals surface area (Å²) < 4.78 is 62.0. The minimum absolute atomic E-state index is 0.00206. The third-order valence-corrected chi connectivity index (χ3v) is 8.51. The van der Waals surface area contributed by atoms with Gasteiger partial charge < -0.3 is 4.74 Å². The molecule has 17 heteroatoms. The summed E-state index contributed by atoms with van der Waals surface area (Å²) >= 11 is 5.92. The molecule has 0 amide bonds. The smallest absolute Gasteiger partial charge is 0.325 e. The van der Waals surface area contributed by atoms with Crippen molar-refractivity contribution in [2.24, 2.45) is 0 Å². The number of esters is 1. The molecule has 0 fully saturated rings. The fraction of sp³-hybridized carbons (Fsp3) is 0.136. The molecule has 206 valence electrons. The van der Waals surface area contributed by atoms with Crippen LogP contribution in [0.5, 0.6) is 0 Å². The van der Waals surface area contributed by atoms with Crippen LogP contribution in [0.25, 0.3) is 0 Å². The van der Waals surface area contributed by atoms with Crippen molar-refractivity contribution in [2.75, 3.05) is 7.11 Å². The van der Waals surface area contributed by atoms with Crippen molar-refractivity contribution >= 4 is 49.0 Å². The van der Waals surface area contributed by atoms with E-state index >= 15 is 0 Å². The SMILES string of the molecule is COC(=O)[C@H](NS(=O)(=O)c1ccccc1[N+](=O)[O-])[C@H](NS(=O)(=O)c1ccccc1[N+](=O)[O-])c1ccc(Cl)cc1. The largest absolute Gasteiger partial charge is 0.468 e. The Balaban J connectivity index is 2.18. The first kappa shape index (κ1) is 29.6. The van der Waals surface area contributed by atoms with Gasteiger partial charge in [-0.2, -0.15) is 4.72 Å². The number of methoxy groups -OCH3 is 1. The second-order valence-electron chi connectivity index (χ2n) is 7.72. The first-order valence-corrected chi connectivity index (χ1v) is 14.0. The van der Waals surface area contributed by atoms with Crippen LogP contribution in [0.4, 0.5) is 11.4 Å². The van der Waals surface area contributed by atoms with E-state index in [-0.39, 0.29) is 10.6 Å². The maximum absolute atomic E-state index is 13.3. The number of nitro groups is 2. The molecule has 2 N–H and O–H groups in total. The van der Waals surface area contributed by atoms with Crippen molar-refractivity contribution < 1.29 is 36.2 Å². The molecule has 3 aromatic rings. The number of para-hydroxylation sites is 2. The minimum Gasteiger partial charge on any atom is -0.468 e. The standard InChI is InChI=1S/C22H19ClN4O10S2/c1-37-22(28)21(25-39(35,36)19-9-5-3-7-17(19)27(31)32)20(14-10-12-15(23)13-11-14)24-38(33,34)18-8-4-2-6-16(18)26(29)30/h2-13,20-21,24-25H,1H3/t20-,21-/m1/s1. The van der Waals surface area contributed by atoms with Gasteiger partial charge >= 0.3 is 5.97 Å². The van der Waals surface area contributed by atoms with E-state index in [4.69, 9.17) is 16.3 Å². The Labute approximate surface area is 227 Å². The highest BCUT2D eigenvalue weighted by atomic mass is 35.5. The van der Waals surface area contributed by atoms with E-state index in [1.807, 2.05) is 4.72 Å². The summed E-state index contributed by atoms with van der Waals surface area (Å²) in [5.41, 5.74) is -1.59. The molecule has 39 heavy (non-hydrogen) atoms. The summed E-state index contributed by atoms with van der Waals surface area (Å²) in [7, 11) is -8.75. The van der Waals surface area contributed by atoms with Crippen molar-refractivity contribution in [1.82, 2.24) is 9.44 Å². The van der Waals surface area contributed by atoms with E-state index in [1.165, 1.54) is 48.5 Å². The second-order valence-corrected chi connectivity index (χ2v) is 11.5. The van der Waals surface area contributed by atoms with Crippen LogP contribution in [0, 0.1) is 20.2 Å². The molecule has 0 aliphatic rings. The molecule has 0 bridgehead atoms. The molecule has 2 atom stereocenters. The van der Waals surface area contributed by atoms with Gasteiger partial charge in [-0.25, -0.2) is 21.6 Å². The highest BCUT2D eigenvalue weighted by Crippen LogP contribution is 2.29. The topological polar surface area (TPSA) is 205 Å². The van der Waals surface area contributed by atoms with Gasteiger partial charge in [0.15, 0.2) is 9.79 Å². The number of hydrogen-bond acceptors (Lipinski definition) is 10. The van der Waals surface area contributed by atoms with Gasteiger partial charge in [0.25, 0.3) is 11.4 Å². The van der Waals surface area contributed by atoms with Gasteiger partial charge in [-0.05, 0) is 29.8 Å². The first-order chi connectivity index (χ1) is 18.3. The number of ether oxygens (including phenoxy) is 1. The molecule has 14 nitrogen and oxygen atoms in total. The Kier molecular flexibility index (Phi) is 8.98. The number of benzene rings is 3. The first-order valence-electron chi connectivity index (χ1n) is 10.6. The summed E-state index contributed by atoms with van der Waals surface area (Å²) in [4.78, 5) is 32.3. The molecule has 0 aliphatic heterocycles. The number of nitrogens with one attached hydrogen (secondary N) is 2. The van der Waals surface area contributed by atoms with E-state index < -0.39 is 69.1 Å². The van der Waals surface area contributed by atoms with Gasteiger partial charge in [0.2, 0.25) is 20.0 Å². The molecule has 0 heterocycles. The molecule has 0 unspecified atom stereocenters. The van der Waals surface area contributed by atoms with E-state index in [2.05, 4.69) is 4.72 Å². The van der Waals surface area contributed by atoms with Crippen LogP contribution in [-0.4, -0.2) is 45.8 Å². The van der Waals surface area contributed by atoms with Gasteiger partial charge in [-0.15, -0.1) is 0 Å². The van der Waals surface area contributed by atoms with Crippen molar-refractivity contribution in [3.8, 4) is 0 Å². The maximum atomic E-state index is 13.3. The highest BCUT2D eigenvalue weighted by Gasteiger charge is 2.40. The predicted octanol–water partition coefficient (Wildman–Crippen LogP) is 2.70. The van der Waals surface area contributed by atoms with Crippen LogP contribution in [0.1, 0.15) is 11.6 Å². The number of rotatable bonds is 11. The summed E-state index contributed by atoms with van der Waals surface area (Å²) in [5.74, 6) is -1.28. The van der Waals surface area contributed by atoms with E-state index in [1.54, 1.807) is 0 Å². The third-order valence-electron chi connectivity index (χ3n) is 5.28. The normalized spacial score (nSPS) is 13.3. The average Bonchev–Trinajstić information content (AvgIpc) is 2.90. The number of carbonyl (C=O) groups excluding carboxylic acids is 1. The Morgan fingerprint density at radius 1 is 0.795 bits per heavy atom. The summed E-state index contributed by atoms with van der Waals surface area (Å²) in [5, 5.41) is 23.1. The van der Waals surface area contributed by atoms with Crippen LogP contribution in [0.2, 0.25) is 5.02 Å². The van der Waals surface area contributed by atoms with Gasteiger partial charge in [0, 0.05) is 17.2 Å². The lowest BCUT2D eigenvalue weighted by Crippen LogP contribution is -2.51. The van der Waals surface area contributed by atoms with Crippen LogP contribution in [0.3, 0.4) is 0 Å². The molecule has 0 saturated carbocycles. The number of nitrogens with zero attached hydrogens (tertiary/aromatic N) is 2. The Morgan fingerprint density at radius 3 is 1.67 bits per heavy atom. The molecule has 0 aromatic heterocycles. The van der Waals surface area contributed by atoms with Gasteiger partial charge in [0.05, 0.1) is 23.0 Å². The minimum atomic E-state index is -4.85. The van der Waals surface area contributed by atoms with Crippen LogP contribution in [-0.2, 0) is 29.6 Å². The zero-order valence-electron chi connectivity index (χ0n) is 19.8. The molecule has 0 radical (unpaired) electrons. The number of carbonyl (C=O) groups is 1. The van der Waals surface area contributed by atoms with Crippen molar-refractivity contribution in [3.05, 3.63) is 104 Å². The molecular weight excluding hydrogens is 580 g/mol. The second kappa shape index (κ2) is 11.8. The van der Waals surface area contributed by atoms with Crippen LogP contribution in [0.15, 0.2) is 82.6 Å². The third kappa shape index (κ3) is 6.73. The zero-order valence-corrected chi connectivity index (χ0v) is 22.1. The molecular formula is C22H19ClN4O10S2. The Morgan fingerprint density at radius 2 is 1.23 bits per heavy atom. The van der Waals surface area contributed by atoms with Crippen molar-refractivity contribution in [3.63, 3.8) is 0 Å². The number of nitro benzene ring substituents is 2. The summed E-state index contributed by atoms with van der Waals surface area (Å²) in [6.45, 7) is 0. The Bertz CT molecular complexity index is 1630. The fourth-order valence-electron chi connectivity index (χ4n) is 3.51. The molecule has 0 saturated heterocycles. The monoisotopic (exact) mass is 598 g/mol. The maximum Gasteiger partial charge on any atom is 0.325 e. The predicted molar refractivity (Wildman–Crippen MR) is 137 cm³/mol. The van der Waals surface area contributed by atoms with E-state index in [9.17, 15) is 41.9 Å². The van der Waals surface area contributed by atoms with E-state index in [0.717, 1.165) is 31.4 Å². The Hall–Kier alpha value is -3.96. The average molecular weight is 599 g/mol. The summed E-state index contributed by atoms with van der Waals surface area (Å²) in [6.07, 6.45) is 0. The lowest BCUT2D eigenvalue weighted by Gasteiger charge is -2.27. The van der Waals surface area contributed by atoms with Gasteiger partial charge in [-0.3, -0.25) is 25.0 Å². The summed E-state index contributed by atoms with van der Waals surface area (Å²) in [6, 6.07) is 10.1. The fourth-order valence-corrected chi connectivity index (χ4v) is 6.41. The van der Waals surface area contributed by atoms with Gasteiger partial charge in [-0.1, -0.05) is 48.0 Å². The van der Waals surface area contributed by atoms with Gasteiger partial charge in [0.1, 0.15) is 6.04 Å².